The van der Waals surface area contributed by atoms with E-state index in [4.69, 9.17) is 0 Å². The summed E-state index contributed by atoms with van der Waals surface area (Å²) >= 11 is 0. The van der Waals surface area contributed by atoms with Crippen LogP contribution in [0.3, 0.4) is 0 Å². The Bertz CT molecular complexity index is 1140. The minimum atomic E-state index is -0.303. The Labute approximate surface area is 197 Å². The molecule has 0 atom stereocenters. The van der Waals surface area contributed by atoms with Crippen molar-refractivity contribution in [2.45, 2.75) is 53.4 Å². The topological polar surface area (TPSA) is 44.9 Å². The summed E-state index contributed by atoms with van der Waals surface area (Å²) in [5.74, 6) is 0.433. The van der Waals surface area contributed by atoms with Gasteiger partial charge in [-0.05, 0) is 79.1 Å². The SMILES string of the molecule is CCC(CC)CCc1c(C)[nH]c(/C=C(\C=O)c2c(NC)cccc2-c2cccc(F)c2)c1C. The summed E-state index contributed by atoms with van der Waals surface area (Å²) in [6.07, 6.45) is 7.41. The Morgan fingerprint density at radius 2 is 1.85 bits per heavy atom. The third-order valence-electron chi connectivity index (χ3n) is 6.77. The number of aromatic nitrogens is 1. The second-order valence-electron chi connectivity index (χ2n) is 8.69. The van der Waals surface area contributed by atoms with Gasteiger partial charge in [-0.1, -0.05) is 51.0 Å². The number of H-pyrrole nitrogens is 1. The number of nitrogens with one attached hydrogen (secondary N) is 2. The summed E-state index contributed by atoms with van der Waals surface area (Å²) in [4.78, 5) is 15.8. The first-order valence-corrected chi connectivity index (χ1v) is 11.8. The van der Waals surface area contributed by atoms with Crippen LogP contribution in [0.4, 0.5) is 10.1 Å². The molecule has 0 aliphatic carbocycles. The summed E-state index contributed by atoms with van der Waals surface area (Å²) < 4.78 is 14.0. The minimum Gasteiger partial charge on any atom is -0.388 e. The molecule has 3 aromatic rings. The molecule has 0 amide bonds. The molecule has 2 aromatic carbocycles. The van der Waals surface area contributed by atoms with Gasteiger partial charge < -0.3 is 10.3 Å². The molecule has 0 bridgehead atoms. The molecule has 0 aliphatic heterocycles. The van der Waals surface area contributed by atoms with Gasteiger partial charge >= 0.3 is 0 Å². The molecule has 1 heterocycles. The molecule has 33 heavy (non-hydrogen) atoms. The molecule has 0 fully saturated rings. The largest absolute Gasteiger partial charge is 0.388 e. The fourth-order valence-corrected chi connectivity index (χ4v) is 4.67. The van der Waals surface area contributed by atoms with Crippen LogP contribution in [0, 0.1) is 25.6 Å². The van der Waals surface area contributed by atoms with Crippen LogP contribution in [0.1, 0.15) is 61.2 Å². The summed E-state index contributed by atoms with van der Waals surface area (Å²) in [6.45, 7) is 8.74. The number of benzene rings is 2. The first-order valence-electron chi connectivity index (χ1n) is 11.8. The lowest BCUT2D eigenvalue weighted by molar-refractivity contribution is -0.103. The zero-order valence-electron chi connectivity index (χ0n) is 20.4. The summed E-state index contributed by atoms with van der Waals surface area (Å²) in [5.41, 5.74) is 8.32. The van der Waals surface area contributed by atoms with Crippen LogP contribution in [-0.2, 0) is 11.2 Å². The molecule has 0 unspecified atom stereocenters. The maximum absolute atomic E-state index is 14.0. The second kappa shape index (κ2) is 11.1. The Kier molecular flexibility index (Phi) is 8.26. The summed E-state index contributed by atoms with van der Waals surface area (Å²) in [6, 6.07) is 12.3. The molecule has 0 aliphatic rings. The maximum Gasteiger partial charge on any atom is 0.150 e. The minimum absolute atomic E-state index is 0.303. The molecule has 0 radical (unpaired) electrons. The van der Waals surface area contributed by atoms with Crippen LogP contribution in [-0.4, -0.2) is 18.3 Å². The number of aromatic amines is 1. The van der Waals surface area contributed by atoms with Crippen molar-refractivity contribution in [1.82, 2.24) is 4.98 Å². The molecule has 1 aromatic heterocycles. The molecule has 4 heteroatoms. The number of halogens is 1. The number of hydrogen-bond donors (Lipinski definition) is 2. The van der Waals surface area contributed by atoms with Gasteiger partial charge in [-0.25, -0.2) is 4.39 Å². The number of anilines is 1. The maximum atomic E-state index is 14.0. The Morgan fingerprint density at radius 1 is 1.12 bits per heavy atom. The Hall–Kier alpha value is -3.14. The van der Waals surface area contributed by atoms with Crippen molar-refractivity contribution in [1.29, 1.82) is 0 Å². The Balaban J connectivity index is 2.08. The molecular weight excluding hydrogens is 411 g/mol. The number of carbonyl (C=O) groups excluding carboxylic acids is 1. The first-order chi connectivity index (χ1) is 15.9. The molecule has 3 rings (SSSR count). The number of rotatable bonds is 10. The van der Waals surface area contributed by atoms with E-state index in [1.54, 1.807) is 6.07 Å². The monoisotopic (exact) mass is 446 g/mol. The van der Waals surface area contributed by atoms with Crippen LogP contribution in [0.2, 0.25) is 0 Å². The van der Waals surface area contributed by atoms with Gasteiger partial charge in [0.05, 0.1) is 0 Å². The average Bonchev–Trinajstić information content (AvgIpc) is 3.09. The van der Waals surface area contributed by atoms with E-state index in [2.05, 4.69) is 38.0 Å². The van der Waals surface area contributed by atoms with Gasteiger partial charge in [0.1, 0.15) is 5.82 Å². The van der Waals surface area contributed by atoms with Crippen LogP contribution in [0.25, 0.3) is 22.8 Å². The van der Waals surface area contributed by atoms with Gasteiger partial charge in [-0.15, -0.1) is 0 Å². The molecule has 3 nitrogen and oxygen atoms in total. The summed E-state index contributed by atoms with van der Waals surface area (Å²) in [7, 11) is 1.83. The van der Waals surface area contributed by atoms with Gasteiger partial charge in [0.2, 0.25) is 0 Å². The summed E-state index contributed by atoms with van der Waals surface area (Å²) in [5, 5.41) is 3.19. The molecule has 0 saturated carbocycles. The molecular formula is C29H35FN2O. The standard InChI is InChI=1S/C29H35FN2O/c1-6-21(7-2)14-15-25-19(3)28(32-20(25)4)17-23(18-33)29-26(12-9-13-27(29)31-5)22-10-8-11-24(30)16-22/h8-13,16-18,21,31-32H,6-7,14-15H2,1-5H3/b23-17+. The lowest BCUT2D eigenvalue weighted by Crippen LogP contribution is -2.00. The van der Waals surface area contributed by atoms with E-state index in [1.165, 1.54) is 42.5 Å². The van der Waals surface area contributed by atoms with Gasteiger partial charge in [0, 0.05) is 35.3 Å². The highest BCUT2D eigenvalue weighted by Gasteiger charge is 2.17. The highest BCUT2D eigenvalue weighted by molar-refractivity contribution is 6.17. The predicted octanol–water partition coefficient (Wildman–Crippen LogP) is 7.59. The average molecular weight is 447 g/mol. The Morgan fingerprint density at radius 3 is 2.48 bits per heavy atom. The second-order valence-corrected chi connectivity index (χ2v) is 8.69. The van der Waals surface area contributed by atoms with Crippen molar-refractivity contribution in [2.24, 2.45) is 5.92 Å². The number of aryl methyl sites for hydroxylation is 1. The lowest BCUT2D eigenvalue weighted by atomic mass is 9.91. The van der Waals surface area contributed by atoms with E-state index in [0.717, 1.165) is 52.4 Å². The predicted molar refractivity (Wildman–Crippen MR) is 138 cm³/mol. The third-order valence-corrected chi connectivity index (χ3v) is 6.77. The number of allylic oxidation sites excluding steroid dienone is 1. The van der Waals surface area contributed by atoms with Crippen molar-refractivity contribution >= 4 is 23.6 Å². The smallest absolute Gasteiger partial charge is 0.150 e. The normalized spacial score (nSPS) is 11.8. The van der Waals surface area contributed by atoms with E-state index >= 15 is 0 Å². The molecule has 0 saturated heterocycles. The molecule has 174 valence electrons. The van der Waals surface area contributed by atoms with Gasteiger partial charge in [-0.3, -0.25) is 4.79 Å². The zero-order chi connectivity index (χ0) is 24.0. The highest BCUT2D eigenvalue weighted by Crippen LogP contribution is 2.36. The number of aldehydes is 1. The van der Waals surface area contributed by atoms with Crippen molar-refractivity contribution in [2.75, 3.05) is 12.4 Å². The third kappa shape index (κ3) is 5.44. The quantitative estimate of drug-likeness (QED) is 0.249. The van der Waals surface area contributed by atoms with Gasteiger partial charge in [0.25, 0.3) is 0 Å². The molecule has 2 N–H and O–H groups in total. The highest BCUT2D eigenvalue weighted by atomic mass is 19.1. The van der Waals surface area contributed by atoms with Crippen LogP contribution < -0.4 is 5.32 Å². The molecule has 0 spiro atoms. The van der Waals surface area contributed by atoms with Crippen molar-refractivity contribution in [3.8, 4) is 11.1 Å². The van der Waals surface area contributed by atoms with Crippen molar-refractivity contribution < 1.29 is 9.18 Å². The van der Waals surface area contributed by atoms with E-state index in [0.29, 0.717) is 5.57 Å². The van der Waals surface area contributed by atoms with Crippen molar-refractivity contribution in [3.63, 3.8) is 0 Å². The van der Waals surface area contributed by atoms with Gasteiger partial charge in [0.15, 0.2) is 6.29 Å². The zero-order valence-corrected chi connectivity index (χ0v) is 20.4. The van der Waals surface area contributed by atoms with E-state index in [1.807, 2.05) is 37.4 Å². The fourth-order valence-electron chi connectivity index (χ4n) is 4.67. The lowest BCUT2D eigenvalue weighted by Gasteiger charge is -2.15. The van der Waals surface area contributed by atoms with E-state index in [9.17, 15) is 9.18 Å². The van der Waals surface area contributed by atoms with E-state index in [-0.39, 0.29) is 5.82 Å². The number of carbonyl (C=O) groups is 1. The van der Waals surface area contributed by atoms with Crippen LogP contribution >= 0.6 is 0 Å². The van der Waals surface area contributed by atoms with E-state index < -0.39 is 0 Å². The van der Waals surface area contributed by atoms with Gasteiger partial charge in [-0.2, -0.15) is 0 Å². The number of hydrogen-bond acceptors (Lipinski definition) is 2. The van der Waals surface area contributed by atoms with Crippen molar-refractivity contribution in [3.05, 3.63) is 76.4 Å². The fraction of sp³-hybridized carbons (Fsp3) is 0.345. The van der Waals surface area contributed by atoms with Crippen LogP contribution in [0.15, 0.2) is 42.5 Å². The first kappa shape index (κ1) is 24.5. The van der Waals surface area contributed by atoms with Crippen LogP contribution in [0.5, 0.6) is 0 Å².